The summed E-state index contributed by atoms with van der Waals surface area (Å²) >= 11 is 0. The van der Waals surface area contributed by atoms with Gasteiger partial charge in [-0.05, 0) is 43.4 Å². The van der Waals surface area contributed by atoms with Crippen molar-refractivity contribution in [2.24, 2.45) is 17.3 Å². The second-order valence-corrected chi connectivity index (χ2v) is 8.11. The zero-order valence-corrected chi connectivity index (χ0v) is 14.9. The molecule has 2 atom stereocenters. The first-order valence-electron chi connectivity index (χ1n) is 9.07. The lowest BCUT2D eigenvalue weighted by atomic mass is 9.75. The molecular formula is C18H34N2O2. The minimum atomic E-state index is 0.130. The van der Waals surface area contributed by atoms with Crippen LogP contribution in [-0.2, 0) is 9.53 Å². The fourth-order valence-electron chi connectivity index (χ4n) is 3.75. The number of hydrogen-bond acceptors (Lipinski definition) is 3. The predicted molar refractivity (Wildman–Crippen MR) is 89.3 cm³/mol. The van der Waals surface area contributed by atoms with E-state index in [0.29, 0.717) is 5.41 Å². The van der Waals surface area contributed by atoms with E-state index in [1.165, 1.54) is 12.8 Å². The van der Waals surface area contributed by atoms with Crippen LogP contribution in [0.2, 0.25) is 0 Å². The Labute approximate surface area is 135 Å². The summed E-state index contributed by atoms with van der Waals surface area (Å²) in [5.74, 6) is 1.10. The van der Waals surface area contributed by atoms with Crippen LogP contribution in [0.1, 0.15) is 66.2 Å². The number of rotatable bonds is 4. The average Bonchev–Trinajstić information content (AvgIpc) is 2.47. The highest BCUT2D eigenvalue weighted by Crippen LogP contribution is 2.34. The molecule has 0 aliphatic carbocycles. The molecule has 1 amide bonds. The van der Waals surface area contributed by atoms with E-state index in [2.05, 4.69) is 38.1 Å². The second kappa shape index (κ2) is 7.78. The third kappa shape index (κ3) is 4.95. The number of nitrogens with one attached hydrogen (secondary N) is 1. The maximum absolute atomic E-state index is 12.5. The molecule has 0 aromatic heterocycles. The number of amides is 1. The van der Waals surface area contributed by atoms with Gasteiger partial charge in [-0.3, -0.25) is 10.2 Å². The molecule has 2 saturated heterocycles. The second-order valence-electron chi connectivity index (χ2n) is 8.11. The normalized spacial score (nSPS) is 28.5. The van der Waals surface area contributed by atoms with Crippen molar-refractivity contribution >= 4 is 5.91 Å². The van der Waals surface area contributed by atoms with Crippen LogP contribution in [-0.4, -0.2) is 36.7 Å². The molecule has 2 heterocycles. The zero-order valence-electron chi connectivity index (χ0n) is 14.9. The summed E-state index contributed by atoms with van der Waals surface area (Å²) < 4.78 is 5.75. The van der Waals surface area contributed by atoms with E-state index in [-0.39, 0.29) is 17.9 Å². The van der Waals surface area contributed by atoms with Gasteiger partial charge in [-0.2, -0.15) is 0 Å². The highest BCUT2D eigenvalue weighted by molar-refractivity contribution is 5.78. The Hall–Kier alpha value is -0.610. The lowest BCUT2D eigenvalue weighted by molar-refractivity contribution is -0.136. The molecule has 0 radical (unpaired) electrons. The van der Waals surface area contributed by atoms with Gasteiger partial charge in [-0.1, -0.05) is 34.1 Å². The van der Waals surface area contributed by atoms with Crippen molar-refractivity contribution in [2.45, 2.75) is 72.3 Å². The van der Waals surface area contributed by atoms with Crippen LogP contribution in [0.3, 0.4) is 0 Å². The van der Waals surface area contributed by atoms with Gasteiger partial charge in [0, 0.05) is 25.6 Å². The fraction of sp³-hybridized carbons (Fsp3) is 0.944. The number of piperidine rings is 1. The molecule has 128 valence electrons. The van der Waals surface area contributed by atoms with Crippen molar-refractivity contribution in [2.75, 3.05) is 19.7 Å². The van der Waals surface area contributed by atoms with E-state index >= 15 is 0 Å². The Kier molecular flexibility index (Phi) is 6.27. The van der Waals surface area contributed by atoms with E-state index in [9.17, 15) is 4.79 Å². The third-order valence-corrected chi connectivity index (χ3v) is 5.34. The van der Waals surface area contributed by atoms with Crippen molar-refractivity contribution < 1.29 is 9.53 Å². The summed E-state index contributed by atoms with van der Waals surface area (Å²) in [6.07, 6.45) is 6.58. The smallest absolute Gasteiger partial charge is 0.237 e. The largest absolute Gasteiger partial charge is 0.378 e. The maximum Gasteiger partial charge on any atom is 0.237 e. The Balaban J connectivity index is 1.76. The molecule has 4 nitrogen and oxygen atoms in total. The van der Waals surface area contributed by atoms with Crippen LogP contribution in [0.25, 0.3) is 0 Å². The Morgan fingerprint density at radius 2 is 1.91 bits per heavy atom. The SMILES string of the molecule is CCC[C@H]1C[C@H](C(=O)NN2CCC(C(C)(C)C)CC2)CCO1. The number of hydrazine groups is 1. The van der Waals surface area contributed by atoms with Crippen molar-refractivity contribution in [3.05, 3.63) is 0 Å². The summed E-state index contributed by atoms with van der Waals surface area (Å²) in [5, 5.41) is 2.13. The van der Waals surface area contributed by atoms with Gasteiger partial charge in [-0.15, -0.1) is 0 Å². The summed E-state index contributed by atoms with van der Waals surface area (Å²) in [7, 11) is 0. The summed E-state index contributed by atoms with van der Waals surface area (Å²) in [6, 6.07) is 0. The molecule has 2 fully saturated rings. The van der Waals surface area contributed by atoms with Crippen LogP contribution < -0.4 is 5.43 Å². The van der Waals surface area contributed by atoms with Crippen LogP contribution >= 0.6 is 0 Å². The van der Waals surface area contributed by atoms with Crippen molar-refractivity contribution in [1.29, 1.82) is 0 Å². The summed E-state index contributed by atoms with van der Waals surface area (Å²) in [5.41, 5.74) is 3.54. The first kappa shape index (κ1) is 17.7. The summed E-state index contributed by atoms with van der Waals surface area (Å²) in [4.78, 5) is 12.5. The van der Waals surface area contributed by atoms with Crippen molar-refractivity contribution in [1.82, 2.24) is 10.4 Å². The number of hydrogen-bond donors (Lipinski definition) is 1. The minimum Gasteiger partial charge on any atom is -0.378 e. The van der Waals surface area contributed by atoms with Crippen LogP contribution in [0, 0.1) is 17.3 Å². The van der Waals surface area contributed by atoms with Crippen LogP contribution in [0.5, 0.6) is 0 Å². The molecule has 0 spiro atoms. The van der Waals surface area contributed by atoms with Crippen LogP contribution in [0.4, 0.5) is 0 Å². The molecule has 0 aromatic rings. The van der Waals surface area contributed by atoms with Gasteiger partial charge in [0.05, 0.1) is 6.10 Å². The number of ether oxygens (including phenoxy) is 1. The average molecular weight is 310 g/mol. The highest BCUT2D eigenvalue weighted by Gasteiger charge is 2.31. The van der Waals surface area contributed by atoms with E-state index in [1.807, 2.05) is 0 Å². The first-order valence-corrected chi connectivity index (χ1v) is 9.07. The summed E-state index contributed by atoms with van der Waals surface area (Å²) in [6.45, 7) is 11.8. The van der Waals surface area contributed by atoms with Gasteiger partial charge in [0.2, 0.25) is 5.91 Å². The molecule has 0 bridgehead atoms. The maximum atomic E-state index is 12.5. The standard InChI is InChI=1S/C18H34N2O2/c1-5-6-16-13-14(9-12-22-16)17(21)19-20-10-7-15(8-11-20)18(2,3)4/h14-16H,5-13H2,1-4H3,(H,19,21)/t14-,16+/m1/s1. The molecule has 4 heteroatoms. The Bertz CT molecular complexity index is 355. The zero-order chi connectivity index (χ0) is 16.2. The van der Waals surface area contributed by atoms with E-state index < -0.39 is 0 Å². The molecule has 0 unspecified atom stereocenters. The van der Waals surface area contributed by atoms with E-state index in [1.54, 1.807) is 0 Å². The third-order valence-electron chi connectivity index (χ3n) is 5.34. The lowest BCUT2D eigenvalue weighted by Gasteiger charge is -2.39. The Morgan fingerprint density at radius 3 is 2.50 bits per heavy atom. The van der Waals surface area contributed by atoms with E-state index in [4.69, 9.17) is 4.74 Å². The molecule has 22 heavy (non-hydrogen) atoms. The number of nitrogens with zero attached hydrogens (tertiary/aromatic N) is 1. The highest BCUT2D eigenvalue weighted by atomic mass is 16.5. The van der Waals surface area contributed by atoms with Gasteiger partial charge in [0.15, 0.2) is 0 Å². The van der Waals surface area contributed by atoms with Gasteiger partial charge in [0.25, 0.3) is 0 Å². The van der Waals surface area contributed by atoms with E-state index in [0.717, 1.165) is 51.3 Å². The fourth-order valence-corrected chi connectivity index (χ4v) is 3.75. The van der Waals surface area contributed by atoms with Gasteiger partial charge >= 0.3 is 0 Å². The molecule has 2 rings (SSSR count). The van der Waals surface area contributed by atoms with Gasteiger partial charge in [-0.25, -0.2) is 5.01 Å². The molecule has 0 saturated carbocycles. The molecule has 2 aliphatic rings. The van der Waals surface area contributed by atoms with Gasteiger partial charge < -0.3 is 4.74 Å². The van der Waals surface area contributed by atoms with Gasteiger partial charge in [0.1, 0.15) is 0 Å². The molecule has 1 N–H and O–H groups in total. The minimum absolute atomic E-state index is 0.130. The first-order chi connectivity index (χ1) is 10.4. The number of carbonyl (C=O) groups excluding carboxylic acids is 1. The monoisotopic (exact) mass is 310 g/mol. The number of carbonyl (C=O) groups is 1. The van der Waals surface area contributed by atoms with Crippen molar-refractivity contribution in [3.63, 3.8) is 0 Å². The predicted octanol–water partition coefficient (Wildman–Crippen LogP) is 3.37. The molecular weight excluding hydrogens is 276 g/mol. The Morgan fingerprint density at radius 1 is 1.23 bits per heavy atom. The lowest BCUT2D eigenvalue weighted by Crippen LogP contribution is -2.50. The molecule has 0 aromatic carbocycles. The van der Waals surface area contributed by atoms with Crippen molar-refractivity contribution in [3.8, 4) is 0 Å². The topological polar surface area (TPSA) is 41.6 Å². The quantitative estimate of drug-likeness (QED) is 0.865. The van der Waals surface area contributed by atoms with Crippen LogP contribution in [0.15, 0.2) is 0 Å². The molecule has 2 aliphatic heterocycles.